The van der Waals surface area contributed by atoms with Crippen molar-refractivity contribution in [2.75, 3.05) is 0 Å². The van der Waals surface area contributed by atoms with E-state index in [9.17, 15) is 4.79 Å². The van der Waals surface area contributed by atoms with Crippen molar-refractivity contribution in [3.63, 3.8) is 0 Å². The van der Waals surface area contributed by atoms with E-state index in [0.29, 0.717) is 6.54 Å². The molecule has 0 saturated heterocycles. The Labute approximate surface area is 153 Å². The van der Waals surface area contributed by atoms with Gasteiger partial charge in [-0.25, -0.2) is 5.43 Å². The van der Waals surface area contributed by atoms with Crippen molar-refractivity contribution in [1.82, 2.24) is 10.7 Å². The molecule has 3 rings (SSSR count). The Bertz CT molecular complexity index is 833. The van der Waals surface area contributed by atoms with E-state index >= 15 is 0 Å². The smallest absolute Gasteiger partial charge is 0.261 e. The molecule has 0 heterocycles. The Balaban J connectivity index is 1.68. The van der Waals surface area contributed by atoms with Gasteiger partial charge in [0.05, 0.1) is 6.21 Å². The van der Waals surface area contributed by atoms with Gasteiger partial charge >= 0.3 is 0 Å². The summed E-state index contributed by atoms with van der Waals surface area (Å²) >= 11 is 0. The lowest BCUT2D eigenvalue weighted by Gasteiger charge is -2.17. The number of hydrazone groups is 1. The van der Waals surface area contributed by atoms with E-state index in [1.54, 1.807) is 6.21 Å². The number of carbonyl (C=O) groups excluding carboxylic acids is 1. The summed E-state index contributed by atoms with van der Waals surface area (Å²) in [5.74, 6) is -0.195. The largest absolute Gasteiger partial charge is 0.298 e. The zero-order chi connectivity index (χ0) is 18.0. The third kappa shape index (κ3) is 5.13. The zero-order valence-electron chi connectivity index (χ0n) is 14.4. The van der Waals surface area contributed by atoms with E-state index in [4.69, 9.17) is 0 Å². The van der Waals surface area contributed by atoms with Crippen LogP contribution in [0, 0.1) is 0 Å². The van der Waals surface area contributed by atoms with Gasteiger partial charge in [-0.2, -0.15) is 5.10 Å². The first-order chi connectivity index (χ1) is 12.8. The zero-order valence-corrected chi connectivity index (χ0v) is 14.4. The molecule has 4 nitrogen and oxygen atoms in total. The second kappa shape index (κ2) is 9.30. The molecule has 26 heavy (non-hydrogen) atoms. The predicted molar refractivity (Wildman–Crippen MR) is 105 cm³/mol. The van der Waals surface area contributed by atoms with Gasteiger partial charge in [-0.1, -0.05) is 91.0 Å². The fourth-order valence-corrected chi connectivity index (χ4v) is 2.60. The summed E-state index contributed by atoms with van der Waals surface area (Å²) < 4.78 is 0. The van der Waals surface area contributed by atoms with Crippen molar-refractivity contribution in [2.45, 2.75) is 12.6 Å². The Morgan fingerprint density at radius 1 is 0.846 bits per heavy atom. The van der Waals surface area contributed by atoms with Crippen LogP contribution >= 0.6 is 0 Å². The maximum Gasteiger partial charge on any atom is 0.261 e. The molecule has 0 saturated carbocycles. The molecule has 0 aliphatic carbocycles. The third-order valence-electron chi connectivity index (χ3n) is 3.94. The van der Waals surface area contributed by atoms with Gasteiger partial charge in [-0.05, 0) is 16.7 Å². The van der Waals surface area contributed by atoms with Crippen molar-refractivity contribution in [3.8, 4) is 0 Å². The fraction of sp³-hybridized carbons (Fsp3) is 0.0909. The molecule has 0 aliphatic heterocycles. The number of rotatable bonds is 7. The van der Waals surface area contributed by atoms with Crippen LogP contribution < -0.4 is 10.7 Å². The van der Waals surface area contributed by atoms with Gasteiger partial charge in [0.25, 0.3) is 5.91 Å². The number of benzene rings is 3. The van der Waals surface area contributed by atoms with Gasteiger partial charge < -0.3 is 0 Å². The number of hydrogen-bond donors (Lipinski definition) is 2. The molecule has 0 aromatic heterocycles. The van der Waals surface area contributed by atoms with Gasteiger partial charge in [0.2, 0.25) is 0 Å². The Hall–Kier alpha value is -3.24. The summed E-state index contributed by atoms with van der Waals surface area (Å²) in [6.07, 6.45) is 1.64. The minimum absolute atomic E-state index is 0.195. The Morgan fingerprint density at radius 2 is 1.42 bits per heavy atom. The standard InChI is InChI=1S/C22H21N3O/c26-22(25-24-17-19-12-6-2-7-13-19)21(20-14-8-3-9-15-20)23-16-18-10-4-1-5-11-18/h1-15,17,21,23H,16H2,(H,25,26). The van der Waals surface area contributed by atoms with Gasteiger partial charge in [0.15, 0.2) is 0 Å². The normalized spacial score (nSPS) is 12.0. The van der Waals surface area contributed by atoms with Crippen LogP contribution in [0.2, 0.25) is 0 Å². The quantitative estimate of drug-likeness (QED) is 0.508. The molecule has 3 aromatic carbocycles. The summed E-state index contributed by atoms with van der Waals surface area (Å²) in [4.78, 5) is 12.7. The Morgan fingerprint density at radius 3 is 2.08 bits per heavy atom. The van der Waals surface area contributed by atoms with E-state index < -0.39 is 6.04 Å². The minimum Gasteiger partial charge on any atom is -0.298 e. The van der Waals surface area contributed by atoms with Crippen molar-refractivity contribution in [2.24, 2.45) is 5.10 Å². The van der Waals surface area contributed by atoms with Crippen molar-refractivity contribution in [1.29, 1.82) is 0 Å². The third-order valence-corrected chi connectivity index (χ3v) is 3.94. The van der Waals surface area contributed by atoms with Crippen LogP contribution in [0.15, 0.2) is 96.1 Å². The van der Waals surface area contributed by atoms with E-state index in [-0.39, 0.29) is 5.91 Å². The summed E-state index contributed by atoms with van der Waals surface area (Å²) in [7, 11) is 0. The molecule has 0 radical (unpaired) electrons. The molecule has 0 fully saturated rings. The van der Waals surface area contributed by atoms with Crippen LogP contribution in [0.4, 0.5) is 0 Å². The highest BCUT2D eigenvalue weighted by molar-refractivity contribution is 5.85. The number of nitrogens with zero attached hydrogens (tertiary/aromatic N) is 1. The summed E-state index contributed by atoms with van der Waals surface area (Å²) in [5, 5.41) is 7.39. The van der Waals surface area contributed by atoms with Crippen LogP contribution in [0.25, 0.3) is 0 Å². The molecule has 1 amide bonds. The second-order valence-corrected chi connectivity index (χ2v) is 5.86. The number of carbonyl (C=O) groups is 1. The molecule has 0 spiro atoms. The summed E-state index contributed by atoms with van der Waals surface area (Å²) in [6, 6.07) is 28.8. The van der Waals surface area contributed by atoms with Crippen LogP contribution in [-0.4, -0.2) is 12.1 Å². The SMILES string of the molecule is O=C(NN=Cc1ccccc1)C(NCc1ccccc1)c1ccccc1. The highest BCUT2D eigenvalue weighted by Crippen LogP contribution is 2.14. The molecule has 4 heteroatoms. The lowest BCUT2D eigenvalue weighted by molar-refractivity contribution is -0.123. The van der Waals surface area contributed by atoms with Crippen molar-refractivity contribution < 1.29 is 4.79 Å². The maximum absolute atomic E-state index is 12.7. The lowest BCUT2D eigenvalue weighted by Crippen LogP contribution is -2.35. The first-order valence-corrected chi connectivity index (χ1v) is 8.53. The van der Waals surface area contributed by atoms with Crippen LogP contribution in [-0.2, 0) is 11.3 Å². The van der Waals surface area contributed by atoms with Gasteiger partial charge in [0, 0.05) is 6.54 Å². The summed E-state index contributed by atoms with van der Waals surface area (Å²) in [5.41, 5.74) is 5.58. The monoisotopic (exact) mass is 343 g/mol. The average Bonchev–Trinajstić information content (AvgIpc) is 2.70. The van der Waals surface area contributed by atoms with E-state index in [1.807, 2.05) is 91.0 Å². The first kappa shape index (κ1) is 17.6. The highest BCUT2D eigenvalue weighted by Gasteiger charge is 2.19. The fourth-order valence-electron chi connectivity index (χ4n) is 2.60. The molecule has 2 N–H and O–H groups in total. The van der Waals surface area contributed by atoms with Crippen LogP contribution in [0.3, 0.4) is 0 Å². The first-order valence-electron chi connectivity index (χ1n) is 8.53. The number of amides is 1. The minimum atomic E-state index is -0.482. The van der Waals surface area contributed by atoms with Gasteiger partial charge in [-0.15, -0.1) is 0 Å². The number of hydrogen-bond acceptors (Lipinski definition) is 3. The molecular weight excluding hydrogens is 322 g/mol. The predicted octanol–water partition coefficient (Wildman–Crippen LogP) is 3.67. The van der Waals surface area contributed by atoms with E-state index in [2.05, 4.69) is 15.8 Å². The Kier molecular flexibility index (Phi) is 6.29. The molecule has 1 unspecified atom stereocenters. The second-order valence-electron chi connectivity index (χ2n) is 5.86. The molecule has 130 valence electrons. The lowest BCUT2D eigenvalue weighted by atomic mass is 10.1. The highest BCUT2D eigenvalue weighted by atomic mass is 16.2. The van der Waals surface area contributed by atoms with Crippen LogP contribution in [0.5, 0.6) is 0 Å². The maximum atomic E-state index is 12.7. The summed E-state index contributed by atoms with van der Waals surface area (Å²) in [6.45, 7) is 0.593. The van der Waals surface area contributed by atoms with E-state index in [1.165, 1.54) is 0 Å². The van der Waals surface area contributed by atoms with E-state index in [0.717, 1.165) is 16.7 Å². The molecule has 0 bridgehead atoms. The molecular formula is C22H21N3O. The van der Waals surface area contributed by atoms with Crippen LogP contribution in [0.1, 0.15) is 22.7 Å². The number of nitrogens with one attached hydrogen (secondary N) is 2. The van der Waals surface area contributed by atoms with Crippen molar-refractivity contribution in [3.05, 3.63) is 108 Å². The van der Waals surface area contributed by atoms with Crippen molar-refractivity contribution >= 4 is 12.1 Å². The topological polar surface area (TPSA) is 53.5 Å². The van der Waals surface area contributed by atoms with Gasteiger partial charge in [-0.3, -0.25) is 10.1 Å². The molecule has 1 atom stereocenters. The molecule has 0 aliphatic rings. The average molecular weight is 343 g/mol. The molecule has 3 aromatic rings. The van der Waals surface area contributed by atoms with Gasteiger partial charge in [0.1, 0.15) is 6.04 Å².